The van der Waals surface area contributed by atoms with Crippen LogP contribution < -0.4 is 0 Å². The van der Waals surface area contributed by atoms with Gasteiger partial charge in [0.25, 0.3) is 0 Å². The number of rotatable bonds is 3. The molecule has 0 aliphatic rings. The molecule has 1 N–H and O–H groups in total. The van der Waals surface area contributed by atoms with Crippen LogP contribution in [0.2, 0.25) is 0 Å². The molecule has 0 amide bonds. The van der Waals surface area contributed by atoms with Crippen LogP contribution in [0.3, 0.4) is 0 Å². The summed E-state index contributed by atoms with van der Waals surface area (Å²) in [6.45, 7) is 1.45. The molecule has 1 rings (SSSR count). The summed E-state index contributed by atoms with van der Waals surface area (Å²) in [6, 6.07) is 3.51. The molecule has 3 nitrogen and oxygen atoms in total. The van der Waals surface area contributed by atoms with Gasteiger partial charge >= 0.3 is 0 Å². The Hall–Kier alpha value is -1.22. The zero-order valence-corrected chi connectivity index (χ0v) is 6.95. The van der Waals surface area contributed by atoms with E-state index in [1.165, 1.54) is 6.92 Å². The summed E-state index contributed by atoms with van der Waals surface area (Å²) in [5.41, 5.74) is 1.40. The molecule has 3 heteroatoms. The Balaban J connectivity index is 2.89. The maximum Gasteiger partial charge on any atom is 0.135 e. The predicted molar refractivity (Wildman–Crippen MR) is 44.5 cm³/mol. The first-order chi connectivity index (χ1) is 5.74. The second-order valence-corrected chi connectivity index (χ2v) is 2.65. The monoisotopic (exact) mass is 165 g/mol. The van der Waals surface area contributed by atoms with Crippen molar-refractivity contribution in [1.29, 1.82) is 0 Å². The summed E-state index contributed by atoms with van der Waals surface area (Å²) in [4.78, 5) is 14.8. The Morgan fingerprint density at radius 2 is 2.42 bits per heavy atom. The molecule has 0 fully saturated rings. The molecule has 0 bridgehead atoms. The molecule has 0 aromatic carbocycles. The molecule has 12 heavy (non-hydrogen) atoms. The van der Waals surface area contributed by atoms with Crippen molar-refractivity contribution < 1.29 is 9.90 Å². The summed E-state index contributed by atoms with van der Waals surface area (Å²) >= 11 is 0. The van der Waals surface area contributed by atoms with Crippen molar-refractivity contribution in [2.24, 2.45) is 0 Å². The largest absolute Gasteiger partial charge is 0.392 e. The molecular formula is C9H11NO2. The molecule has 0 saturated carbocycles. The van der Waals surface area contributed by atoms with Crippen molar-refractivity contribution in [3.05, 3.63) is 29.6 Å². The number of aliphatic hydroxyl groups excluding tert-OH is 1. The lowest BCUT2D eigenvalue weighted by Gasteiger charge is -2.02. The van der Waals surface area contributed by atoms with Gasteiger partial charge in [-0.1, -0.05) is 6.07 Å². The Morgan fingerprint density at radius 1 is 1.67 bits per heavy atom. The molecule has 1 aromatic rings. The minimum Gasteiger partial charge on any atom is -0.392 e. The van der Waals surface area contributed by atoms with Crippen LogP contribution in [0.5, 0.6) is 0 Å². The van der Waals surface area contributed by atoms with Gasteiger partial charge in [0.05, 0.1) is 12.3 Å². The number of aliphatic hydroxyl groups is 1. The number of Topliss-reactive ketones (excluding diaryl/α,β-unsaturated/α-hetero) is 1. The van der Waals surface area contributed by atoms with E-state index in [0.29, 0.717) is 12.1 Å². The number of carbonyl (C=O) groups is 1. The predicted octanol–water partition coefficient (Wildman–Crippen LogP) is 0.705. The topological polar surface area (TPSA) is 50.2 Å². The second-order valence-electron chi connectivity index (χ2n) is 2.65. The molecule has 0 radical (unpaired) electrons. The number of nitrogens with zero attached hydrogens (tertiary/aromatic N) is 1. The van der Waals surface area contributed by atoms with E-state index < -0.39 is 0 Å². The van der Waals surface area contributed by atoms with Crippen molar-refractivity contribution in [2.75, 3.05) is 0 Å². The van der Waals surface area contributed by atoms with Gasteiger partial charge in [0, 0.05) is 12.6 Å². The highest BCUT2D eigenvalue weighted by Gasteiger charge is 2.03. The van der Waals surface area contributed by atoms with Crippen molar-refractivity contribution in [1.82, 2.24) is 4.98 Å². The lowest BCUT2D eigenvalue weighted by Crippen LogP contribution is -2.03. The number of pyridine rings is 1. The SMILES string of the molecule is CC(=O)Cc1ncccc1CO. The average molecular weight is 165 g/mol. The van der Waals surface area contributed by atoms with Gasteiger partial charge < -0.3 is 5.11 Å². The van der Waals surface area contributed by atoms with Crippen LogP contribution in [-0.4, -0.2) is 15.9 Å². The Morgan fingerprint density at radius 3 is 3.00 bits per heavy atom. The van der Waals surface area contributed by atoms with E-state index >= 15 is 0 Å². The van der Waals surface area contributed by atoms with Crippen LogP contribution in [-0.2, 0) is 17.8 Å². The van der Waals surface area contributed by atoms with Gasteiger partial charge in [-0.15, -0.1) is 0 Å². The first kappa shape index (κ1) is 8.87. The van der Waals surface area contributed by atoms with E-state index in [4.69, 9.17) is 5.11 Å². The highest BCUT2D eigenvalue weighted by Crippen LogP contribution is 2.05. The van der Waals surface area contributed by atoms with Crippen LogP contribution in [0.15, 0.2) is 18.3 Å². The third kappa shape index (κ3) is 2.13. The summed E-state index contributed by atoms with van der Waals surface area (Å²) in [5, 5.41) is 8.88. The van der Waals surface area contributed by atoms with Crippen molar-refractivity contribution in [3.63, 3.8) is 0 Å². The fourth-order valence-electron chi connectivity index (χ4n) is 1.01. The molecule has 0 saturated heterocycles. The fourth-order valence-corrected chi connectivity index (χ4v) is 1.01. The van der Waals surface area contributed by atoms with E-state index in [-0.39, 0.29) is 12.4 Å². The first-order valence-corrected chi connectivity index (χ1v) is 3.77. The zero-order valence-electron chi connectivity index (χ0n) is 6.95. The Bertz CT molecular complexity index is 284. The molecule has 0 aliphatic heterocycles. The number of ketones is 1. The van der Waals surface area contributed by atoms with Gasteiger partial charge in [-0.2, -0.15) is 0 Å². The van der Waals surface area contributed by atoms with E-state index in [2.05, 4.69) is 4.98 Å². The fraction of sp³-hybridized carbons (Fsp3) is 0.333. The van der Waals surface area contributed by atoms with Crippen LogP contribution in [0, 0.1) is 0 Å². The summed E-state index contributed by atoms with van der Waals surface area (Å²) in [7, 11) is 0. The molecular weight excluding hydrogens is 154 g/mol. The van der Waals surface area contributed by atoms with Crippen molar-refractivity contribution in [2.45, 2.75) is 20.0 Å². The van der Waals surface area contributed by atoms with Crippen LogP contribution in [0.25, 0.3) is 0 Å². The second kappa shape index (κ2) is 3.97. The van der Waals surface area contributed by atoms with Gasteiger partial charge in [-0.05, 0) is 18.6 Å². The average Bonchev–Trinajstić information content (AvgIpc) is 2.04. The molecule has 0 atom stereocenters. The minimum atomic E-state index is -0.0591. The van der Waals surface area contributed by atoms with Gasteiger partial charge in [-0.25, -0.2) is 0 Å². The van der Waals surface area contributed by atoms with Gasteiger partial charge in [0.2, 0.25) is 0 Å². The summed E-state index contributed by atoms with van der Waals surface area (Å²) in [5.74, 6) is 0.0587. The van der Waals surface area contributed by atoms with E-state index in [0.717, 1.165) is 5.56 Å². The number of hydrogen-bond acceptors (Lipinski definition) is 3. The minimum absolute atomic E-state index is 0.0587. The number of carbonyl (C=O) groups excluding carboxylic acids is 1. The van der Waals surface area contributed by atoms with E-state index in [9.17, 15) is 4.79 Å². The summed E-state index contributed by atoms with van der Waals surface area (Å²) in [6.07, 6.45) is 1.92. The van der Waals surface area contributed by atoms with E-state index in [1.807, 2.05) is 0 Å². The molecule has 0 spiro atoms. The maximum atomic E-state index is 10.8. The van der Waals surface area contributed by atoms with Crippen LogP contribution in [0.4, 0.5) is 0 Å². The quantitative estimate of drug-likeness (QED) is 0.717. The highest BCUT2D eigenvalue weighted by molar-refractivity contribution is 5.78. The smallest absolute Gasteiger partial charge is 0.135 e. The lowest BCUT2D eigenvalue weighted by molar-refractivity contribution is -0.116. The molecule has 0 aliphatic carbocycles. The van der Waals surface area contributed by atoms with Crippen molar-refractivity contribution in [3.8, 4) is 0 Å². The Labute approximate surface area is 71.1 Å². The maximum absolute atomic E-state index is 10.8. The highest BCUT2D eigenvalue weighted by atomic mass is 16.3. The van der Waals surface area contributed by atoms with Gasteiger partial charge in [0.15, 0.2) is 0 Å². The molecule has 0 unspecified atom stereocenters. The summed E-state index contributed by atoms with van der Waals surface area (Å²) < 4.78 is 0. The van der Waals surface area contributed by atoms with Crippen LogP contribution >= 0.6 is 0 Å². The lowest BCUT2D eigenvalue weighted by atomic mass is 10.1. The zero-order chi connectivity index (χ0) is 8.97. The van der Waals surface area contributed by atoms with Crippen LogP contribution in [0.1, 0.15) is 18.2 Å². The number of aromatic nitrogens is 1. The third-order valence-corrected chi connectivity index (χ3v) is 1.57. The molecule has 64 valence electrons. The first-order valence-electron chi connectivity index (χ1n) is 3.77. The molecule has 1 heterocycles. The standard InChI is InChI=1S/C9H11NO2/c1-7(12)5-9-8(6-11)3-2-4-10-9/h2-4,11H,5-6H2,1H3. The van der Waals surface area contributed by atoms with Gasteiger partial charge in [-0.3, -0.25) is 9.78 Å². The third-order valence-electron chi connectivity index (χ3n) is 1.57. The molecule has 1 aromatic heterocycles. The van der Waals surface area contributed by atoms with Gasteiger partial charge in [0.1, 0.15) is 5.78 Å². The van der Waals surface area contributed by atoms with Crippen molar-refractivity contribution >= 4 is 5.78 Å². The number of hydrogen-bond donors (Lipinski definition) is 1. The normalized spacial score (nSPS) is 9.83. The van der Waals surface area contributed by atoms with E-state index in [1.54, 1.807) is 18.3 Å². The Kier molecular flexibility index (Phi) is 2.94.